The Bertz CT molecular complexity index is 1770. The Labute approximate surface area is 185 Å². The van der Waals surface area contributed by atoms with Crippen molar-refractivity contribution in [2.75, 3.05) is 0 Å². The minimum absolute atomic E-state index is 0.276. The quantitative estimate of drug-likeness (QED) is 0.329. The monoisotopic (exact) mass is 443 g/mol. The van der Waals surface area contributed by atoms with Crippen LogP contribution in [0.5, 0.6) is 0 Å². The predicted octanol–water partition coefficient (Wildman–Crippen LogP) is 5.99. The maximum absolute atomic E-state index is 13.8. The fraction of sp³-hybridized carbons (Fsp3) is 0.0800. The molecule has 0 spiro atoms. The van der Waals surface area contributed by atoms with Crippen LogP contribution in [0.4, 0.5) is 4.39 Å². The van der Waals surface area contributed by atoms with Crippen molar-refractivity contribution < 1.29 is 8.81 Å². The molecule has 0 saturated heterocycles. The van der Waals surface area contributed by atoms with Gasteiger partial charge >= 0.3 is 5.63 Å². The van der Waals surface area contributed by atoms with E-state index in [1.165, 1.54) is 12.1 Å². The van der Waals surface area contributed by atoms with Gasteiger partial charge in [0, 0.05) is 45.0 Å². The number of pyridine rings is 2. The zero-order valence-corrected chi connectivity index (χ0v) is 17.7. The first kappa shape index (κ1) is 19.0. The highest BCUT2D eigenvalue weighted by Gasteiger charge is 2.20. The number of hydrogen-bond acceptors (Lipinski definition) is 4. The minimum Gasteiger partial charge on any atom is -0.402 e. The lowest BCUT2D eigenvalue weighted by molar-refractivity contribution is 0.553. The third kappa shape index (κ3) is 2.73. The first-order valence-corrected chi connectivity index (χ1v) is 10.4. The van der Waals surface area contributed by atoms with Crippen LogP contribution in [0.3, 0.4) is 0 Å². The second-order valence-electron chi connectivity index (χ2n) is 7.83. The lowest BCUT2D eigenvalue weighted by Gasteiger charge is -2.11. The highest BCUT2D eigenvalue weighted by molar-refractivity contribution is 6.36. The van der Waals surface area contributed by atoms with Crippen molar-refractivity contribution in [1.82, 2.24) is 14.5 Å². The molecule has 0 atom stereocenters. The van der Waals surface area contributed by atoms with E-state index < -0.39 is 5.63 Å². The van der Waals surface area contributed by atoms with E-state index in [-0.39, 0.29) is 12.4 Å². The molecule has 7 heteroatoms. The number of hydrogen-bond donors (Lipinski definition) is 0. The van der Waals surface area contributed by atoms with E-state index in [4.69, 9.17) is 16.0 Å². The van der Waals surface area contributed by atoms with Gasteiger partial charge < -0.3 is 8.98 Å². The highest BCUT2D eigenvalue weighted by Crippen LogP contribution is 2.35. The van der Waals surface area contributed by atoms with Crippen LogP contribution in [0.15, 0.2) is 70.1 Å². The Morgan fingerprint density at radius 1 is 1.06 bits per heavy atom. The lowest BCUT2D eigenvalue weighted by Crippen LogP contribution is -2.09. The van der Waals surface area contributed by atoms with Crippen LogP contribution in [0.2, 0.25) is 5.02 Å². The summed E-state index contributed by atoms with van der Waals surface area (Å²) in [5.41, 5.74) is 3.47. The van der Waals surface area contributed by atoms with Crippen molar-refractivity contribution in [3.8, 4) is 0 Å². The van der Waals surface area contributed by atoms with E-state index in [0.29, 0.717) is 32.7 Å². The molecular formula is C25H15ClFN3O2. The smallest absolute Gasteiger partial charge is 0.362 e. The van der Waals surface area contributed by atoms with Gasteiger partial charge in [-0.15, -0.1) is 0 Å². The third-order valence-corrected chi connectivity index (χ3v) is 6.25. The van der Waals surface area contributed by atoms with Gasteiger partial charge in [-0.25, -0.2) is 14.2 Å². The van der Waals surface area contributed by atoms with Gasteiger partial charge in [0.05, 0.1) is 17.1 Å². The first-order chi connectivity index (χ1) is 15.5. The summed E-state index contributed by atoms with van der Waals surface area (Å²) in [6, 6.07) is 14.1. The molecule has 2 aromatic carbocycles. The number of fused-ring (bicyclic) bond motifs is 6. The zero-order valence-electron chi connectivity index (χ0n) is 16.9. The van der Waals surface area contributed by atoms with Gasteiger partial charge in [-0.3, -0.25) is 4.98 Å². The summed E-state index contributed by atoms with van der Waals surface area (Å²) in [5, 5.41) is 3.42. The summed E-state index contributed by atoms with van der Waals surface area (Å²) >= 11 is 6.66. The van der Waals surface area contributed by atoms with Crippen molar-refractivity contribution in [3.05, 3.63) is 93.3 Å². The molecule has 0 bridgehead atoms. The molecule has 0 aliphatic heterocycles. The van der Waals surface area contributed by atoms with Gasteiger partial charge in [0.15, 0.2) is 0 Å². The average Bonchev–Trinajstić information content (AvgIpc) is 3.10. The summed E-state index contributed by atoms with van der Waals surface area (Å²) in [7, 11) is 0. The van der Waals surface area contributed by atoms with Gasteiger partial charge in [-0.1, -0.05) is 23.2 Å². The van der Waals surface area contributed by atoms with Crippen LogP contribution in [0.1, 0.15) is 11.1 Å². The molecule has 32 heavy (non-hydrogen) atoms. The summed E-state index contributed by atoms with van der Waals surface area (Å²) in [5.74, 6) is -0.384. The van der Waals surface area contributed by atoms with Gasteiger partial charge in [0.1, 0.15) is 11.3 Å². The van der Waals surface area contributed by atoms with E-state index in [2.05, 4.69) is 16.0 Å². The number of nitrogens with zero attached hydrogens (tertiary/aromatic N) is 3. The van der Waals surface area contributed by atoms with E-state index >= 15 is 0 Å². The predicted molar refractivity (Wildman–Crippen MR) is 124 cm³/mol. The van der Waals surface area contributed by atoms with Crippen molar-refractivity contribution in [2.45, 2.75) is 13.5 Å². The van der Waals surface area contributed by atoms with Crippen LogP contribution >= 0.6 is 11.6 Å². The molecule has 4 aromatic heterocycles. The topological polar surface area (TPSA) is 60.9 Å². The van der Waals surface area contributed by atoms with E-state index in [1.54, 1.807) is 18.5 Å². The van der Waals surface area contributed by atoms with Crippen LogP contribution in [-0.2, 0) is 6.54 Å². The number of rotatable bonds is 2. The fourth-order valence-corrected chi connectivity index (χ4v) is 4.63. The summed E-state index contributed by atoms with van der Waals surface area (Å²) in [4.78, 5) is 21.7. The SMILES string of the molecule is Cc1ccc2c(c1)c1c3cccnc3oc(=O)c1n2Cc1cnc2ccc(F)cc2c1Cl. The highest BCUT2D eigenvalue weighted by atomic mass is 35.5. The van der Waals surface area contributed by atoms with E-state index in [0.717, 1.165) is 27.2 Å². The molecule has 0 radical (unpaired) electrons. The average molecular weight is 444 g/mol. The van der Waals surface area contributed by atoms with Gasteiger partial charge in [0.2, 0.25) is 5.71 Å². The van der Waals surface area contributed by atoms with Gasteiger partial charge in [0.25, 0.3) is 0 Å². The first-order valence-electron chi connectivity index (χ1n) is 10.0. The molecule has 0 aliphatic carbocycles. The molecule has 0 fully saturated rings. The number of aromatic nitrogens is 3. The molecule has 0 saturated carbocycles. The maximum Gasteiger partial charge on any atom is 0.362 e. The van der Waals surface area contributed by atoms with Crippen LogP contribution in [-0.4, -0.2) is 14.5 Å². The van der Waals surface area contributed by atoms with Crippen molar-refractivity contribution >= 4 is 55.4 Å². The molecule has 0 N–H and O–H groups in total. The second kappa shape index (κ2) is 6.87. The molecule has 0 aliphatic rings. The normalized spacial score (nSPS) is 11.8. The minimum atomic E-state index is -0.476. The number of aryl methyl sites for hydroxylation is 1. The summed E-state index contributed by atoms with van der Waals surface area (Å²) < 4.78 is 21.3. The van der Waals surface area contributed by atoms with Gasteiger partial charge in [-0.05, 0) is 49.4 Å². The Morgan fingerprint density at radius 2 is 1.94 bits per heavy atom. The second-order valence-corrected chi connectivity index (χ2v) is 8.21. The van der Waals surface area contributed by atoms with Crippen molar-refractivity contribution in [3.63, 3.8) is 0 Å². The number of halogens is 2. The Hall–Kier alpha value is -3.77. The van der Waals surface area contributed by atoms with Crippen molar-refractivity contribution in [1.29, 1.82) is 0 Å². The standard InChI is InChI=1S/C25H15ClFN3O2/c1-13-4-7-20-18(9-13)21-16-3-2-8-28-24(16)32-25(31)23(21)30(20)12-14-11-29-19-6-5-15(27)10-17(19)22(14)26/h2-11H,12H2,1H3. The molecule has 4 heterocycles. The molecule has 0 amide bonds. The van der Waals surface area contributed by atoms with Crippen molar-refractivity contribution in [2.24, 2.45) is 0 Å². The van der Waals surface area contributed by atoms with E-state index in [1.807, 2.05) is 35.8 Å². The Balaban J connectivity index is 1.70. The fourth-order valence-electron chi connectivity index (χ4n) is 4.37. The third-order valence-electron chi connectivity index (χ3n) is 5.81. The molecule has 5 nitrogen and oxygen atoms in total. The molecule has 6 rings (SSSR count). The number of benzene rings is 2. The Kier molecular flexibility index (Phi) is 4.07. The largest absolute Gasteiger partial charge is 0.402 e. The molecule has 6 aromatic rings. The summed E-state index contributed by atoms with van der Waals surface area (Å²) in [6.07, 6.45) is 3.26. The summed E-state index contributed by atoms with van der Waals surface area (Å²) in [6.45, 7) is 2.28. The molecular weight excluding hydrogens is 429 g/mol. The Morgan fingerprint density at radius 3 is 2.81 bits per heavy atom. The van der Waals surface area contributed by atoms with Crippen LogP contribution in [0, 0.1) is 12.7 Å². The molecule has 0 unspecified atom stereocenters. The zero-order chi connectivity index (χ0) is 22.0. The maximum atomic E-state index is 13.8. The van der Waals surface area contributed by atoms with Gasteiger partial charge in [-0.2, -0.15) is 0 Å². The van der Waals surface area contributed by atoms with Crippen LogP contribution < -0.4 is 5.63 Å². The van der Waals surface area contributed by atoms with Crippen LogP contribution in [0.25, 0.3) is 43.8 Å². The lowest BCUT2D eigenvalue weighted by atomic mass is 10.1. The molecule has 156 valence electrons. The van der Waals surface area contributed by atoms with E-state index in [9.17, 15) is 9.18 Å².